The van der Waals surface area contributed by atoms with Crippen molar-refractivity contribution in [2.75, 3.05) is 13.1 Å². The number of amidine groups is 1. The van der Waals surface area contributed by atoms with Gasteiger partial charge in [-0.25, -0.2) is 0 Å². The molecule has 0 aliphatic carbocycles. The summed E-state index contributed by atoms with van der Waals surface area (Å²) in [5.74, 6) is 0.381. The van der Waals surface area contributed by atoms with Crippen molar-refractivity contribution in [3.8, 4) is 11.5 Å². The first-order chi connectivity index (χ1) is 8.25. The lowest BCUT2D eigenvalue weighted by molar-refractivity contribution is 0.385. The normalized spacial score (nSPS) is 14.1. The van der Waals surface area contributed by atoms with E-state index in [1.54, 1.807) is 6.07 Å². The molecule has 1 aliphatic rings. The minimum Gasteiger partial charge on any atom is -0.504 e. The molecule has 7 heteroatoms. The number of phenols is 2. The van der Waals surface area contributed by atoms with E-state index in [1.807, 2.05) is 0 Å². The van der Waals surface area contributed by atoms with Gasteiger partial charge < -0.3 is 20.1 Å². The van der Waals surface area contributed by atoms with Gasteiger partial charge in [0.15, 0.2) is 5.75 Å². The second-order valence-corrected chi connectivity index (χ2v) is 3.87. The Hall–Kier alpha value is -1.95. The zero-order valence-electron chi connectivity index (χ0n) is 9.38. The van der Waals surface area contributed by atoms with E-state index < -0.39 is 0 Å². The van der Waals surface area contributed by atoms with E-state index in [0.29, 0.717) is 17.5 Å². The maximum absolute atomic E-state index is 9.60. The minimum atomic E-state index is -0.275. The third-order valence-electron chi connectivity index (χ3n) is 2.75. The molecule has 0 saturated carbocycles. The summed E-state index contributed by atoms with van der Waals surface area (Å²) in [6.45, 7) is 1.62. The van der Waals surface area contributed by atoms with Crippen molar-refractivity contribution in [3.63, 3.8) is 0 Å². The number of rotatable bonds is 2. The summed E-state index contributed by atoms with van der Waals surface area (Å²) in [7, 11) is 0. The van der Waals surface area contributed by atoms with Crippen LogP contribution >= 0.6 is 12.4 Å². The van der Waals surface area contributed by atoms with Gasteiger partial charge in [0, 0.05) is 11.9 Å². The van der Waals surface area contributed by atoms with Gasteiger partial charge in [-0.15, -0.1) is 12.4 Å². The van der Waals surface area contributed by atoms with E-state index >= 15 is 0 Å². The first-order valence-corrected chi connectivity index (χ1v) is 5.32. The van der Waals surface area contributed by atoms with Crippen molar-refractivity contribution < 1.29 is 14.7 Å². The largest absolute Gasteiger partial charge is 0.504 e. The lowest BCUT2D eigenvalue weighted by Gasteiger charge is -1.99. The topological polar surface area (TPSA) is 90.9 Å². The number of halogens is 1. The Labute approximate surface area is 109 Å². The van der Waals surface area contributed by atoms with Crippen LogP contribution in [-0.4, -0.2) is 34.3 Å². The molecule has 0 unspecified atom stereocenters. The summed E-state index contributed by atoms with van der Waals surface area (Å²) < 4.78 is 5.03. The van der Waals surface area contributed by atoms with Crippen LogP contribution in [0.2, 0.25) is 0 Å². The molecule has 0 saturated heterocycles. The Morgan fingerprint density at radius 1 is 1.33 bits per heavy atom. The van der Waals surface area contributed by atoms with Gasteiger partial charge in [0.2, 0.25) is 11.3 Å². The molecule has 96 valence electrons. The zero-order chi connectivity index (χ0) is 11.8. The third-order valence-corrected chi connectivity index (χ3v) is 2.75. The molecular weight excluding hydrogens is 258 g/mol. The summed E-state index contributed by atoms with van der Waals surface area (Å²) in [5, 5.41) is 26.7. The SMILES string of the molecule is Cl.Oc1ccc2c(CC3=NCCN3)noc2c1O. The highest BCUT2D eigenvalue weighted by Gasteiger charge is 2.17. The summed E-state index contributed by atoms with van der Waals surface area (Å²) >= 11 is 0. The van der Waals surface area contributed by atoms with Gasteiger partial charge in [-0.1, -0.05) is 5.16 Å². The lowest BCUT2D eigenvalue weighted by atomic mass is 10.1. The van der Waals surface area contributed by atoms with Crippen LogP contribution < -0.4 is 5.32 Å². The van der Waals surface area contributed by atoms with Crippen molar-refractivity contribution in [2.24, 2.45) is 4.99 Å². The number of aliphatic imine (C=N–C) groups is 1. The number of hydrogen-bond donors (Lipinski definition) is 3. The van der Waals surface area contributed by atoms with Crippen molar-refractivity contribution in [1.29, 1.82) is 0 Å². The third kappa shape index (κ3) is 1.95. The molecule has 6 nitrogen and oxygen atoms in total. The number of nitrogens with zero attached hydrogens (tertiary/aromatic N) is 2. The monoisotopic (exact) mass is 269 g/mol. The maximum atomic E-state index is 9.60. The van der Waals surface area contributed by atoms with Crippen LogP contribution in [-0.2, 0) is 6.42 Å². The van der Waals surface area contributed by atoms with Crippen molar-refractivity contribution in [1.82, 2.24) is 10.5 Å². The average Bonchev–Trinajstić information content (AvgIpc) is 2.95. The number of phenolic OH excluding ortho intramolecular Hbond substituents is 2. The smallest absolute Gasteiger partial charge is 0.212 e. The number of nitrogens with one attached hydrogen (secondary N) is 1. The molecule has 2 heterocycles. The van der Waals surface area contributed by atoms with Gasteiger partial charge in [-0.05, 0) is 12.1 Å². The quantitative estimate of drug-likeness (QED) is 0.713. The van der Waals surface area contributed by atoms with Crippen LogP contribution in [0, 0.1) is 0 Å². The zero-order valence-corrected chi connectivity index (χ0v) is 10.2. The number of benzene rings is 1. The predicted octanol–water partition coefficient (Wildman–Crippen LogP) is 1.20. The lowest BCUT2D eigenvalue weighted by Crippen LogP contribution is -2.20. The van der Waals surface area contributed by atoms with Gasteiger partial charge in [-0.2, -0.15) is 0 Å². The molecule has 0 atom stereocenters. The van der Waals surface area contributed by atoms with Gasteiger partial charge in [0.1, 0.15) is 5.84 Å². The van der Waals surface area contributed by atoms with Crippen molar-refractivity contribution in [3.05, 3.63) is 17.8 Å². The van der Waals surface area contributed by atoms with E-state index in [2.05, 4.69) is 15.5 Å². The first kappa shape index (κ1) is 12.5. The fourth-order valence-corrected chi connectivity index (χ4v) is 1.88. The van der Waals surface area contributed by atoms with Gasteiger partial charge in [-0.3, -0.25) is 4.99 Å². The summed E-state index contributed by atoms with van der Waals surface area (Å²) in [6, 6.07) is 3.09. The summed E-state index contributed by atoms with van der Waals surface area (Å²) in [5.41, 5.74) is 0.905. The predicted molar refractivity (Wildman–Crippen MR) is 68.6 cm³/mol. The number of aromatic hydroxyl groups is 2. The van der Waals surface area contributed by atoms with Gasteiger partial charge in [0.05, 0.1) is 18.7 Å². The highest BCUT2D eigenvalue weighted by Crippen LogP contribution is 2.34. The molecule has 0 radical (unpaired) electrons. The maximum Gasteiger partial charge on any atom is 0.212 e. The van der Waals surface area contributed by atoms with E-state index in [1.165, 1.54) is 6.07 Å². The van der Waals surface area contributed by atoms with E-state index in [-0.39, 0.29) is 29.5 Å². The Morgan fingerprint density at radius 3 is 2.89 bits per heavy atom. The van der Waals surface area contributed by atoms with Gasteiger partial charge >= 0.3 is 0 Å². The molecule has 0 amide bonds. The highest BCUT2D eigenvalue weighted by atomic mass is 35.5. The van der Waals surface area contributed by atoms with Crippen LogP contribution in [0.25, 0.3) is 11.0 Å². The van der Waals surface area contributed by atoms with Crippen LogP contribution in [0.4, 0.5) is 0 Å². The molecule has 3 N–H and O–H groups in total. The fourth-order valence-electron chi connectivity index (χ4n) is 1.88. The summed E-state index contributed by atoms with van der Waals surface area (Å²) in [6.07, 6.45) is 0.539. The fraction of sp³-hybridized carbons (Fsp3) is 0.273. The van der Waals surface area contributed by atoms with E-state index in [0.717, 1.165) is 18.9 Å². The van der Waals surface area contributed by atoms with E-state index in [9.17, 15) is 10.2 Å². The minimum absolute atomic E-state index is 0. The highest BCUT2D eigenvalue weighted by molar-refractivity contribution is 5.92. The second-order valence-electron chi connectivity index (χ2n) is 3.87. The molecule has 1 aromatic carbocycles. The summed E-state index contributed by atoms with van der Waals surface area (Å²) in [4.78, 5) is 4.27. The van der Waals surface area contributed by atoms with Crippen LogP contribution in [0.5, 0.6) is 11.5 Å². The van der Waals surface area contributed by atoms with E-state index in [4.69, 9.17) is 4.52 Å². The molecule has 18 heavy (non-hydrogen) atoms. The van der Waals surface area contributed by atoms with Crippen molar-refractivity contribution >= 4 is 29.2 Å². The van der Waals surface area contributed by atoms with Crippen LogP contribution in [0.3, 0.4) is 0 Å². The first-order valence-electron chi connectivity index (χ1n) is 5.32. The molecule has 2 aromatic rings. The molecule has 0 bridgehead atoms. The number of fused-ring (bicyclic) bond motifs is 1. The van der Waals surface area contributed by atoms with Gasteiger partial charge in [0.25, 0.3) is 0 Å². The Kier molecular flexibility index (Phi) is 3.29. The Balaban J connectivity index is 0.00000120. The number of aromatic nitrogens is 1. The standard InChI is InChI=1S/C11H11N3O3.ClH/c15-8-2-1-6-7(5-9-12-3-4-13-9)14-17-11(6)10(8)16;/h1-2,15-16H,3-5H2,(H,12,13);1H. The molecule has 0 fully saturated rings. The van der Waals surface area contributed by atoms with Crippen LogP contribution in [0.1, 0.15) is 5.69 Å². The Morgan fingerprint density at radius 2 is 2.17 bits per heavy atom. The molecule has 1 aromatic heterocycles. The molecule has 1 aliphatic heterocycles. The molecule has 3 rings (SSSR count). The van der Waals surface area contributed by atoms with Crippen molar-refractivity contribution in [2.45, 2.75) is 6.42 Å². The second kappa shape index (κ2) is 4.73. The van der Waals surface area contributed by atoms with Crippen LogP contribution in [0.15, 0.2) is 21.6 Å². The molecule has 0 spiro atoms. The number of hydrogen-bond acceptors (Lipinski definition) is 6. The molecular formula is C11H12ClN3O3. The Bertz CT molecular complexity index is 609. The average molecular weight is 270 g/mol.